The monoisotopic (exact) mass is 368 g/mol. The first-order valence-corrected chi connectivity index (χ1v) is 8.61. The quantitative estimate of drug-likeness (QED) is 0.668. The van der Waals surface area contributed by atoms with Crippen LogP contribution in [0.4, 0.5) is 4.79 Å². The van der Waals surface area contributed by atoms with E-state index in [0.29, 0.717) is 12.3 Å². The summed E-state index contributed by atoms with van der Waals surface area (Å²) in [6.45, 7) is 4.02. The first kappa shape index (κ1) is 20.0. The first-order valence-electron chi connectivity index (χ1n) is 8.61. The van der Waals surface area contributed by atoms with Gasteiger partial charge in [0.25, 0.3) is 0 Å². The lowest BCUT2D eigenvalue weighted by Crippen LogP contribution is -2.48. The molecular formula is C21H24N2O4. The molecule has 2 aromatic carbocycles. The van der Waals surface area contributed by atoms with E-state index in [9.17, 15) is 9.59 Å². The molecule has 0 heterocycles. The summed E-state index contributed by atoms with van der Waals surface area (Å²) in [6, 6.07) is 15.9. The Hall–Kier alpha value is -3.28. The van der Waals surface area contributed by atoms with Crippen molar-refractivity contribution < 1.29 is 19.1 Å². The number of carbonyl (C=O) groups excluding carboxylic acids is 2. The van der Waals surface area contributed by atoms with Crippen LogP contribution in [0.15, 0.2) is 67.3 Å². The minimum absolute atomic E-state index is 0.127. The second kappa shape index (κ2) is 10.7. The lowest BCUT2D eigenvalue weighted by molar-refractivity contribution is -0.122. The Morgan fingerprint density at radius 1 is 1.11 bits per heavy atom. The van der Waals surface area contributed by atoms with Gasteiger partial charge >= 0.3 is 6.09 Å². The summed E-state index contributed by atoms with van der Waals surface area (Å²) in [5.74, 6) is 0.330. The predicted octanol–water partition coefficient (Wildman–Crippen LogP) is 2.83. The lowest BCUT2D eigenvalue weighted by atomic mass is 10.0. The zero-order valence-corrected chi connectivity index (χ0v) is 15.3. The van der Waals surface area contributed by atoms with Gasteiger partial charge in [-0.3, -0.25) is 4.79 Å². The fourth-order valence-electron chi connectivity index (χ4n) is 2.50. The zero-order chi connectivity index (χ0) is 19.5. The third kappa shape index (κ3) is 6.51. The molecule has 27 heavy (non-hydrogen) atoms. The predicted molar refractivity (Wildman–Crippen MR) is 103 cm³/mol. The first-order chi connectivity index (χ1) is 13.1. The summed E-state index contributed by atoms with van der Waals surface area (Å²) < 4.78 is 10.6. The minimum atomic E-state index is -0.801. The van der Waals surface area contributed by atoms with Crippen LogP contribution < -0.4 is 15.4 Å². The number of ether oxygens (including phenoxy) is 2. The van der Waals surface area contributed by atoms with E-state index < -0.39 is 12.1 Å². The number of rotatable bonds is 9. The van der Waals surface area contributed by atoms with E-state index in [4.69, 9.17) is 9.47 Å². The van der Waals surface area contributed by atoms with Gasteiger partial charge in [-0.25, -0.2) is 4.79 Å². The number of carbonyl (C=O) groups is 2. The van der Waals surface area contributed by atoms with E-state index in [1.54, 1.807) is 13.2 Å². The molecule has 2 rings (SSSR count). The Morgan fingerprint density at radius 3 is 2.52 bits per heavy atom. The Labute approximate surface area is 159 Å². The van der Waals surface area contributed by atoms with E-state index in [1.165, 1.54) is 0 Å². The highest BCUT2D eigenvalue weighted by molar-refractivity contribution is 5.86. The van der Waals surface area contributed by atoms with E-state index in [2.05, 4.69) is 17.2 Å². The van der Waals surface area contributed by atoms with Crippen molar-refractivity contribution >= 4 is 12.0 Å². The van der Waals surface area contributed by atoms with Crippen molar-refractivity contribution in [2.24, 2.45) is 0 Å². The molecule has 0 fully saturated rings. The third-order valence-corrected chi connectivity index (χ3v) is 3.86. The molecule has 2 amide bonds. The molecule has 6 heteroatoms. The molecule has 0 bridgehead atoms. The molecule has 0 unspecified atom stereocenters. The van der Waals surface area contributed by atoms with E-state index in [1.807, 2.05) is 54.6 Å². The van der Waals surface area contributed by atoms with Gasteiger partial charge in [-0.1, -0.05) is 54.6 Å². The molecule has 0 aliphatic heterocycles. The second-order valence-corrected chi connectivity index (χ2v) is 5.81. The van der Waals surface area contributed by atoms with Gasteiger partial charge in [-0.2, -0.15) is 0 Å². The summed E-state index contributed by atoms with van der Waals surface area (Å²) in [7, 11) is 1.56. The van der Waals surface area contributed by atoms with Crippen LogP contribution in [0, 0.1) is 0 Å². The summed E-state index contributed by atoms with van der Waals surface area (Å²) in [6.07, 6.45) is 1.19. The number of hydrogen-bond donors (Lipinski definition) is 2. The fraction of sp³-hybridized carbons (Fsp3) is 0.238. The van der Waals surface area contributed by atoms with Crippen LogP contribution in [0.1, 0.15) is 11.1 Å². The maximum Gasteiger partial charge on any atom is 0.408 e. The Balaban J connectivity index is 2.03. The van der Waals surface area contributed by atoms with Gasteiger partial charge < -0.3 is 20.1 Å². The van der Waals surface area contributed by atoms with E-state index in [0.717, 1.165) is 11.1 Å². The average Bonchev–Trinajstić information content (AvgIpc) is 2.71. The van der Waals surface area contributed by atoms with Crippen molar-refractivity contribution in [1.29, 1.82) is 0 Å². The summed E-state index contributed by atoms with van der Waals surface area (Å²) in [5.41, 5.74) is 1.67. The molecule has 1 atom stereocenters. The molecule has 2 N–H and O–H groups in total. The molecule has 0 aromatic heterocycles. The Kier molecular flexibility index (Phi) is 7.91. The van der Waals surface area contributed by atoms with Crippen molar-refractivity contribution in [2.45, 2.75) is 19.1 Å². The number of nitrogens with one attached hydrogen (secondary N) is 2. The van der Waals surface area contributed by atoms with Gasteiger partial charge in [0.05, 0.1) is 7.11 Å². The highest BCUT2D eigenvalue weighted by Crippen LogP contribution is 2.19. The minimum Gasteiger partial charge on any atom is -0.496 e. The van der Waals surface area contributed by atoms with Crippen molar-refractivity contribution in [3.8, 4) is 5.75 Å². The maximum atomic E-state index is 12.4. The van der Waals surface area contributed by atoms with Crippen LogP contribution in [-0.2, 0) is 22.6 Å². The zero-order valence-electron chi connectivity index (χ0n) is 15.3. The van der Waals surface area contributed by atoms with Gasteiger partial charge in [-0.15, -0.1) is 6.58 Å². The summed E-state index contributed by atoms with van der Waals surface area (Å²) in [5, 5.41) is 5.33. The summed E-state index contributed by atoms with van der Waals surface area (Å²) >= 11 is 0. The third-order valence-electron chi connectivity index (χ3n) is 3.86. The largest absolute Gasteiger partial charge is 0.496 e. The van der Waals surface area contributed by atoms with Gasteiger partial charge in [0.1, 0.15) is 18.4 Å². The van der Waals surface area contributed by atoms with Crippen molar-refractivity contribution in [3.63, 3.8) is 0 Å². The standard InChI is InChI=1S/C21H24N2O4/c1-3-13-22-20(24)18(14-17-11-7-8-12-19(17)26-2)23-21(25)27-15-16-9-5-4-6-10-16/h3-12,18H,1,13-15H2,2H3,(H,22,24)(H,23,25)/t18-/m0/s1. The molecule has 6 nitrogen and oxygen atoms in total. The number of benzene rings is 2. The molecule has 0 radical (unpaired) electrons. The van der Waals surface area contributed by atoms with Gasteiger partial charge in [0.2, 0.25) is 5.91 Å². The van der Waals surface area contributed by atoms with Crippen LogP contribution >= 0.6 is 0 Å². The van der Waals surface area contributed by atoms with E-state index >= 15 is 0 Å². The van der Waals surface area contributed by atoms with Crippen LogP contribution in [0.2, 0.25) is 0 Å². The van der Waals surface area contributed by atoms with Crippen molar-refractivity contribution in [3.05, 3.63) is 78.4 Å². The van der Waals surface area contributed by atoms with Crippen LogP contribution in [0.25, 0.3) is 0 Å². The molecule has 0 spiro atoms. The number of para-hydroxylation sites is 1. The van der Waals surface area contributed by atoms with Crippen molar-refractivity contribution in [2.75, 3.05) is 13.7 Å². The molecule has 0 aliphatic rings. The Morgan fingerprint density at radius 2 is 1.81 bits per heavy atom. The summed E-state index contributed by atoms with van der Waals surface area (Å²) in [4.78, 5) is 24.6. The fourth-order valence-corrected chi connectivity index (χ4v) is 2.50. The number of alkyl carbamates (subject to hydrolysis) is 1. The smallest absolute Gasteiger partial charge is 0.408 e. The topological polar surface area (TPSA) is 76.7 Å². The van der Waals surface area contributed by atoms with Crippen LogP contribution in [0.3, 0.4) is 0 Å². The highest BCUT2D eigenvalue weighted by Gasteiger charge is 2.23. The van der Waals surface area contributed by atoms with Gasteiger partial charge in [0, 0.05) is 13.0 Å². The molecule has 0 aliphatic carbocycles. The second-order valence-electron chi connectivity index (χ2n) is 5.81. The molecular weight excluding hydrogens is 344 g/mol. The molecule has 0 saturated carbocycles. The van der Waals surface area contributed by atoms with Crippen LogP contribution in [0.5, 0.6) is 5.75 Å². The Bertz CT molecular complexity index is 762. The SMILES string of the molecule is C=CCNC(=O)[C@H](Cc1ccccc1OC)NC(=O)OCc1ccccc1. The van der Waals surface area contributed by atoms with E-state index in [-0.39, 0.29) is 18.9 Å². The molecule has 142 valence electrons. The van der Waals surface area contributed by atoms with Gasteiger partial charge in [0.15, 0.2) is 0 Å². The average molecular weight is 368 g/mol. The normalized spacial score (nSPS) is 11.1. The lowest BCUT2D eigenvalue weighted by Gasteiger charge is -2.19. The maximum absolute atomic E-state index is 12.4. The molecule has 2 aromatic rings. The van der Waals surface area contributed by atoms with Crippen molar-refractivity contribution in [1.82, 2.24) is 10.6 Å². The number of methoxy groups -OCH3 is 1. The number of amides is 2. The van der Waals surface area contributed by atoms with Gasteiger partial charge in [-0.05, 0) is 17.2 Å². The highest BCUT2D eigenvalue weighted by atomic mass is 16.5. The molecule has 0 saturated heterocycles. The number of hydrogen-bond acceptors (Lipinski definition) is 4. The van der Waals surface area contributed by atoms with Crippen LogP contribution in [-0.4, -0.2) is 31.7 Å².